The maximum absolute atomic E-state index is 13.1. The number of aryl methyl sites for hydroxylation is 1. The predicted molar refractivity (Wildman–Crippen MR) is 112 cm³/mol. The molecule has 0 amide bonds. The number of hydrogen-bond donors (Lipinski definition) is 0. The van der Waals surface area contributed by atoms with E-state index in [0.717, 1.165) is 12.3 Å². The summed E-state index contributed by atoms with van der Waals surface area (Å²) in [5.74, 6) is 1.00. The largest absolute Gasteiger partial charge is 0.496 e. The summed E-state index contributed by atoms with van der Waals surface area (Å²) in [7, 11) is 3.33. The van der Waals surface area contributed by atoms with E-state index in [0.29, 0.717) is 39.7 Å². The van der Waals surface area contributed by atoms with Crippen LogP contribution in [0.3, 0.4) is 0 Å². The van der Waals surface area contributed by atoms with Crippen molar-refractivity contribution in [2.24, 2.45) is 7.05 Å². The Morgan fingerprint density at radius 3 is 2.45 bits per heavy atom. The zero-order valence-corrected chi connectivity index (χ0v) is 17.6. The van der Waals surface area contributed by atoms with E-state index in [9.17, 15) is 17.6 Å². The molecule has 170 valence electrons. The second-order valence-electron chi connectivity index (χ2n) is 7.13. The van der Waals surface area contributed by atoms with Crippen LogP contribution in [-0.4, -0.2) is 26.6 Å². The van der Waals surface area contributed by atoms with Crippen molar-refractivity contribution in [1.29, 1.82) is 0 Å². The molecule has 0 radical (unpaired) electrons. The van der Waals surface area contributed by atoms with Crippen LogP contribution >= 0.6 is 0 Å². The molecule has 0 bridgehead atoms. The van der Waals surface area contributed by atoms with Crippen LogP contribution in [0.25, 0.3) is 22.6 Å². The first-order valence-corrected chi connectivity index (χ1v) is 9.73. The van der Waals surface area contributed by atoms with Gasteiger partial charge in [0, 0.05) is 48.4 Å². The molecule has 0 spiro atoms. The third kappa shape index (κ3) is 4.94. The van der Waals surface area contributed by atoms with Gasteiger partial charge in [-0.05, 0) is 30.3 Å². The van der Waals surface area contributed by atoms with E-state index < -0.39 is 17.8 Å². The zero-order chi connectivity index (χ0) is 23.6. The van der Waals surface area contributed by atoms with Gasteiger partial charge in [0.25, 0.3) is 0 Å². The van der Waals surface area contributed by atoms with Crippen molar-refractivity contribution >= 4 is 0 Å². The van der Waals surface area contributed by atoms with Crippen LogP contribution in [0.2, 0.25) is 0 Å². The van der Waals surface area contributed by atoms with Crippen molar-refractivity contribution < 1.29 is 27.0 Å². The summed E-state index contributed by atoms with van der Waals surface area (Å²) < 4.78 is 64.0. The molecule has 0 unspecified atom stereocenters. The minimum Gasteiger partial charge on any atom is -0.496 e. The normalized spacial score (nSPS) is 11.5. The average Bonchev–Trinajstić information content (AvgIpc) is 3.19. The quantitative estimate of drug-likeness (QED) is 0.290. The van der Waals surface area contributed by atoms with Crippen LogP contribution in [0.4, 0.5) is 17.6 Å². The molecule has 4 rings (SSSR count). The van der Waals surface area contributed by atoms with Gasteiger partial charge in [0.15, 0.2) is 0 Å². The van der Waals surface area contributed by atoms with E-state index >= 15 is 0 Å². The highest BCUT2D eigenvalue weighted by molar-refractivity contribution is 5.71. The summed E-state index contributed by atoms with van der Waals surface area (Å²) in [6, 6.07) is 10.2. The lowest BCUT2D eigenvalue weighted by Crippen LogP contribution is -2.08. The Balaban J connectivity index is 1.53. The van der Waals surface area contributed by atoms with Crippen molar-refractivity contribution in [3.8, 4) is 34.1 Å². The third-order valence-electron chi connectivity index (χ3n) is 4.83. The Bertz CT molecular complexity index is 1250. The molecular formula is C23H18F4N4O2. The molecule has 0 atom stereocenters. The number of methoxy groups -OCH3 is 1. The Hall–Kier alpha value is -3.95. The average molecular weight is 458 g/mol. The van der Waals surface area contributed by atoms with Gasteiger partial charge in [-0.25, -0.2) is 9.97 Å². The maximum atomic E-state index is 13.1. The number of imidazole rings is 1. The fraction of sp³-hybridized carbons (Fsp3) is 0.174. The van der Waals surface area contributed by atoms with Gasteiger partial charge in [0.05, 0.1) is 12.8 Å². The van der Waals surface area contributed by atoms with E-state index in [1.54, 1.807) is 28.8 Å². The lowest BCUT2D eigenvalue weighted by molar-refractivity contribution is -0.141. The van der Waals surface area contributed by atoms with Crippen LogP contribution in [0, 0.1) is 5.95 Å². The van der Waals surface area contributed by atoms with Gasteiger partial charge in [0.2, 0.25) is 5.95 Å². The molecule has 1 aromatic carbocycles. The van der Waals surface area contributed by atoms with Crippen LogP contribution in [-0.2, 0) is 19.8 Å². The van der Waals surface area contributed by atoms with E-state index in [4.69, 9.17) is 9.47 Å². The number of pyridine rings is 2. The fourth-order valence-corrected chi connectivity index (χ4v) is 3.19. The first-order valence-electron chi connectivity index (χ1n) is 9.73. The van der Waals surface area contributed by atoms with E-state index in [2.05, 4.69) is 15.0 Å². The molecule has 0 fully saturated rings. The number of aromatic nitrogens is 4. The lowest BCUT2D eigenvalue weighted by Gasteiger charge is -2.11. The second-order valence-corrected chi connectivity index (χ2v) is 7.13. The molecule has 3 aromatic heterocycles. The maximum Gasteiger partial charge on any atom is 0.433 e. The molecule has 33 heavy (non-hydrogen) atoms. The predicted octanol–water partition coefficient (Wildman–Crippen LogP) is 5.29. The zero-order valence-electron chi connectivity index (χ0n) is 17.6. The summed E-state index contributed by atoms with van der Waals surface area (Å²) >= 11 is 0. The minimum atomic E-state index is -4.48. The molecule has 4 aromatic rings. The van der Waals surface area contributed by atoms with Crippen molar-refractivity contribution in [1.82, 2.24) is 19.5 Å². The van der Waals surface area contributed by atoms with Crippen LogP contribution in [0.5, 0.6) is 11.5 Å². The SMILES string of the molecule is COc1cc(OCc2ccc(C(F)(F)F)nc2)ccc1-c1cn(C)c(-c2ccc(F)nc2)n1. The summed E-state index contributed by atoms with van der Waals surface area (Å²) in [5.41, 5.74) is 1.54. The molecule has 0 saturated carbocycles. The molecule has 0 aliphatic heterocycles. The summed E-state index contributed by atoms with van der Waals surface area (Å²) in [4.78, 5) is 11.7. The number of halogens is 4. The van der Waals surface area contributed by atoms with Crippen molar-refractivity contribution in [3.05, 3.63) is 78.3 Å². The number of ether oxygens (including phenoxy) is 2. The first kappa shape index (κ1) is 22.3. The van der Waals surface area contributed by atoms with Crippen molar-refractivity contribution in [2.45, 2.75) is 12.8 Å². The van der Waals surface area contributed by atoms with Crippen LogP contribution in [0.15, 0.2) is 61.1 Å². The molecule has 6 nitrogen and oxygen atoms in total. The van der Waals surface area contributed by atoms with E-state index in [1.165, 1.54) is 25.4 Å². The standard InChI is InChI=1S/C23H18F4N4O2/c1-31-12-18(30-22(31)15-4-8-21(24)29-11-15)17-6-5-16(9-19(17)32-2)33-13-14-3-7-20(28-10-14)23(25,26)27/h3-12H,13H2,1-2H3. The second kappa shape index (κ2) is 8.89. The van der Waals surface area contributed by atoms with Crippen LogP contribution < -0.4 is 9.47 Å². The van der Waals surface area contributed by atoms with Crippen LogP contribution in [0.1, 0.15) is 11.3 Å². The number of nitrogens with zero attached hydrogens (tertiary/aromatic N) is 4. The van der Waals surface area contributed by atoms with Gasteiger partial charge >= 0.3 is 6.18 Å². The third-order valence-corrected chi connectivity index (χ3v) is 4.83. The minimum absolute atomic E-state index is 0.0406. The highest BCUT2D eigenvalue weighted by Gasteiger charge is 2.32. The molecule has 0 saturated heterocycles. The Morgan fingerprint density at radius 2 is 1.82 bits per heavy atom. The van der Waals surface area contributed by atoms with Gasteiger partial charge in [-0.1, -0.05) is 6.07 Å². The summed E-state index contributed by atoms with van der Waals surface area (Å²) in [6.45, 7) is 0.0406. The summed E-state index contributed by atoms with van der Waals surface area (Å²) in [6.07, 6.45) is -0.133. The van der Waals surface area contributed by atoms with Gasteiger partial charge in [-0.15, -0.1) is 0 Å². The first-order chi connectivity index (χ1) is 15.7. The summed E-state index contributed by atoms with van der Waals surface area (Å²) in [5, 5.41) is 0. The smallest absolute Gasteiger partial charge is 0.433 e. The Kier molecular flexibility index (Phi) is 5.99. The van der Waals surface area contributed by atoms with Gasteiger partial charge in [-0.3, -0.25) is 4.98 Å². The van der Waals surface area contributed by atoms with Gasteiger partial charge in [0.1, 0.15) is 29.6 Å². The lowest BCUT2D eigenvalue weighted by atomic mass is 10.1. The van der Waals surface area contributed by atoms with Gasteiger partial charge in [-0.2, -0.15) is 17.6 Å². The Morgan fingerprint density at radius 1 is 1.00 bits per heavy atom. The van der Waals surface area contributed by atoms with Crippen molar-refractivity contribution in [3.63, 3.8) is 0 Å². The molecule has 0 N–H and O–H groups in total. The number of hydrogen-bond acceptors (Lipinski definition) is 5. The molecule has 0 aliphatic rings. The number of benzene rings is 1. The highest BCUT2D eigenvalue weighted by atomic mass is 19.4. The van der Waals surface area contributed by atoms with Gasteiger partial charge < -0.3 is 14.0 Å². The molecule has 10 heteroatoms. The Labute approximate surface area is 186 Å². The number of rotatable bonds is 6. The molecule has 3 heterocycles. The molecule has 0 aliphatic carbocycles. The number of alkyl halides is 3. The highest BCUT2D eigenvalue weighted by Crippen LogP contribution is 2.34. The van der Waals surface area contributed by atoms with E-state index in [1.807, 2.05) is 13.2 Å². The van der Waals surface area contributed by atoms with Crippen molar-refractivity contribution in [2.75, 3.05) is 7.11 Å². The fourth-order valence-electron chi connectivity index (χ4n) is 3.19. The monoisotopic (exact) mass is 458 g/mol. The topological polar surface area (TPSA) is 62.1 Å². The van der Waals surface area contributed by atoms with E-state index in [-0.39, 0.29) is 6.61 Å². The molecular weight excluding hydrogens is 440 g/mol.